The van der Waals surface area contributed by atoms with Crippen molar-refractivity contribution in [1.29, 1.82) is 0 Å². The molecular weight excluding hydrogens is 206 g/mol. The van der Waals surface area contributed by atoms with Gasteiger partial charge in [0, 0.05) is 25.9 Å². The Morgan fingerprint density at radius 3 is 2.88 bits per heavy atom. The van der Waals surface area contributed by atoms with E-state index >= 15 is 0 Å². The molecule has 0 radical (unpaired) electrons. The van der Waals surface area contributed by atoms with Crippen LogP contribution in [0.2, 0.25) is 0 Å². The number of carbonyl (C=O) groups is 2. The fourth-order valence-electron chi connectivity index (χ4n) is 1.48. The van der Waals surface area contributed by atoms with Crippen molar-refractivity contribution in [3.63, 3.8) is 0 Å². The lowest BCUT2D eigenvalue weighted by atomic mass is 10.2. The average Bonchev–Trinajstić information content (AvgIpc) is 2.69. The van der Waals surface area contributed by atoms with Gasteiger partial charge in [0.15, 0.2) is 6.29 Å². The monoisotopic (exact) mass is 217 g/mol. The molecule has 82 valence electrons. The number of rotatable bonds is 2. The Bertz CT molecular complexity index is 557. The van der Waals surface area contributed by atoms with Crippen LogP contribution in [0.15, 0.2) is 24.5 Å². The third-order valence-electron chi connectivity index (χ3n) is 2.33. The van der Waals surface area contributed by atoms with Crippen molar-refractivity contribution in [2.75, 3.05) is 14.1 Å². The van der Waals surface area contributed by atoms with Gasteiger partial charge in [0.25, 0.3) is 5.91 Å². The van der Waals surface area contributed by atoms with Crippen molar-refractivity contribution in [1.82, 2.24) is 14.5 Å². The van der Waals surface area contributed by atoms with Gasteiger partial charge in [-0.1, -0.05) is 0 Å². The Morgan fingerprint density at radius 2 is 2.25 bits per heavy atom. The zero-order chi connectivity index (χ0) is 11.7. The number of carbonyl (C=O) groups excluding carboxylic acids is 2. The van der Waals surface area contributed by atoms with Gasteiger partial charge < -0.3 is 4.90 Å². The summed E-state index contributed by atoms with van der Waals surface area (Å²) in [4.78, 5) is 24.0. The third kappa shape index (κ3) is 1.56. The molecule has 0 saturated heterocycles. The number of fused-ring (bicyclic) bond motifs is 1. The lowest BCUT2D eigenvalue weighted by molar-refractivity contribution is 0.0827. The summed E-state index contributed by atoms with van der Waals surface area (Å²) in [5.74, 6) is -0.0967. The van der Waals surface area contributed by atoms with Gasteiger partial charge in [0.1, 0.15) is 0 Å². The quantitative estimate of drug-likeness (QED) is 0.701. The van der Waals surface area contributed by atoms with E-state index in [2.05, 4.69) is 5.10 Å². The second kappa shape index (κ2) is 3.77. The molecular formula is C11H11N3O2. The fraction of sp³-hybridized carbons (Fsp3) is 0.182. The van der Waals surface area contributed by atoms with Crippen LogP contribution in [0, 0.1) is 0 Å². The van der Waals surface area contributed by atoms with Crippen molar-refractivity contribution in [3.8, 4) is 0 Å². The molecule has 0 spiro atoms. The van der Waals surface area contributed by atoms with E-state index in [9.17, 15) is 9.59 Å². The molecule has 1 amide bonds. The van der Waals surface area contributed by atoms with E-state index in [1.165, 1.54) is 11.1 Å². The molecule has 2 aromatic heterocycles. The highest BCUT2D eigenvalue weighted by Crippen LogP contribution is 2.12. The Labute approximate surface area is 92.3 Å². The molecule has 5 heteroatoms. The first-order valence-corrected chi connectivity index (χ1v) is 4.77. The molecule has 5 nitrogen and oxygen atoms in total. The van der Waals surface area contributed by atoms with E-state index in [0.717, 1.165) is 6.29 Å². The summed E-state index contributed by atoms with van der Waals surface area (Å²) in [6, 6.07) is 3.34. The Kier molecular flexibility index (Phi) is 2.44. The van der Waals surface area contributed by atoms with Crippen molar-refractivity contribution < 1.29 is 9.59 Å². The molecule has 2 heterocycles. The highest BCUT2D eigenvalue weighted by atomic mass is 16.2. The zero-order valence-corrected chi connectivity index (χ0v) is 9.04. The minimum atomic E-state index is -0.0967. The van der Waals surface area contributed by atoms with Crippen LogP contribution in [0.1, 0.15) is 20.7 Å². The second-order valence-electron chi connectivity index (χ2n) is 3.66. The van der Waals surface area contributed by atoms with E-state index < -0.39 is 0 Å². The number of amides is 1. The van der Waals surface area contributed by atoms with E-state index in [1.807, 2.05) is 0 Å². The van der Waals surface area contributed by atoms with Crippen molar-refractivity contribution in [2.45, 2.75) is 0 Å². The molecule has 0 aliphatic heterocycles. The largest absolute Gasteiger partial charge is 0.345 e. The Morgan fingerprint density at radius 1 is 1.50 bits per heavy atom. The normalized spacial score (nSPS) is 10.4. The van der Waals surface area contributed by atoms with Gasteiger partial charge in [-0.25, -0.2) is 4.52 Å². The highest BCUT2D eigenvalue weighted by molar-refractivity contribution is 5.96. The van der Waals surface area contributed by atoms with Gasteiger partial charge in [-0.05, 0) is 12.1 Å². The van der Waals surface area contributed by atoms with E-state index in [1.54, 1.807) is 36.9 Å². The molecule has 0 fully saturated rings. The molecule has 0 aliphatic rings. The highest BCUT2D eigenvalue weighted by Gasteiger charge is 2.10. The second-order valence-corrected chi connectivity index (χ2v) is 3.66. The summed E-state index contributed by atoms with van der Waals surface area (Å²) in [5, 5.41) is 4.00. The molecule has 0 aliphatic carbocycles. The smallest absolute Gasteiger partial charge is 0.253 e. The maximum atomic E-state index is 11.7. The van der Waals surface area contributed by atoms with Crippen LogP contribution in [0.4, 0.5) is 0 Å². The minimum Gasteiger partial charge on any atom is -0.345 e. The predicted molar refractivity (Wildman–Crippen MR) is 58.6 cm³/mol. The van der Waals surface area contributed by atoms with Gasteiger partial charge in [-0.3, -0.25) is 9.59 Å². The lowest BCUT2D eigenvalue weighted by Crippen LogP contribution is -2.21. The standard InChI is InChI=1S/C11H11N3O2/c1-13(2)11(16)8-3-4-14-10(5-8)9(7-15)6-12-14/h3-7H,1-2H3. The van der Waals surface area contributed by atoms with E-state index in [0.29, 0.717) is 16.6 Å². The maximum absolute atomic E-state index is 11.7. The van der Waals surface area contributed by atoms with Crippen LogP contribution in [0.25, 0.3) is 5.52 Å². The number of nitrogens with zero attached hydrogens (tertiary/aromatic N) is 3. The van der Waals surface area contributed by atoms with Crippen LogP contribution < -0.4 is 0 Å². The molecule has 2 rings (SSSR count). The summed E-state index contributed by atoms with van der Waals surface area (Å²) >= 11 is 0. The van der Waals surface area contributed by atoms with Crippen molar-refractivity contribution in [2.24, 2.45) is 0 Å². The molecule has 0 aromatic carbocycles. The van der Waals surface area contributed by atoms with Crippen LogP contribution in [-0.4, -0.2) is 40.8 Å². The first-order chi connectivity index (χ1) is 7.63. The van der Waals surface area contributed by atoms with Gasteiger partial charge in [-0.15, -0.1) is 0 Å². The van der Waals surface area contributed by atoms with Crippen LogP contribution in [0.5, 0.6) is 0 Å². The zero-order valence-electron chi connectivity index (χ0n) is 9.04. The summed E-state index contributed by atoms with van der Waals surface area (Å²) in [6.45, 7) is 0. The van der Waals surface area contributed by atoms with E-state index in [4.69, 9.17) is 0 Å². The summed E-state index contributed by atoms with van der Waals surface area (Å²) < 4.78 is 1.57. The minimum absolute atomic E-state index is 0.0967. The predicted octanol–water partition coefficient (Wildman–Crippen LogP) is 0.849. The molecule has 0 saturated carbocycles. The number of hydrogen-bond acceptors (Lipinski definition) is 3. The van der Waals surface area contributed by atoms with Crippen LogP contribution in [0.3, 0.4) is 0 Å². The molecule has 2 aromatic rings. The summed E-state index contributed by atoms with van der Waals surface area (Å²) in [5.41, 5.74) is 1.66. The topological polar surface area (TPSA) is 54.7 Å². The van der Waals surface area contributed by atoms with E-state index in [-0.39, 0.29) is 5.91 Å². The van der Waals surface area contributed by atoms with Crippen LogP contribution >= 0.6 is 0 Å². The Hall–Kier alpha value is -2.17. The van der Waals surface area contributed by atoms with Gasteiger partial charge in [0.05, 0.1) is 17.3 Å². The number of aromatic nitrogens is 2. The van der Waals surface area contributed by atoms with Crippen molar-refractivity contribution in [3.05, 3.63) is 35.7 Å². The number of hydrogen-bond donors (Lipinski definition) is 0. The van der Waals surface area contributed by atoms with Gasteiger partial charge >= 0.3 is 0 Å². The Balaban J connectivity index is 2.57. The SMILES string of the molecule is CN(C)C(=O)c1ccn2ncc(C=O)c2c1. The molecule has 0 unspecified atom stereocenters. The molecule has 16 heavy (non-hydrogen) atoms. The van der Waals surface area contributed by atoms with Crippen LogP contribution in [-0.2, 0) is 0 Å². The van der Waals surface area contributed by atoms with Crippen molar-refractivity contribution >= 4 is 17.7 Å². The van der Waals surface area contributed by atoms with Gasteiger partial charge in [-0.2, -0.15) is 5.10 Å². The molecule has 0 bridgehead atoms. The first-order valence-electron chi connectivity index (χ1n) is 4.77. The summed E-state index contributed by atoms with van der Waals surface area (Å²) in [7, 11) is 3.37. The first kappa shape index (κ1) is 10.4. The molecule has 0 atom stereocenters. The fourth-order valence-corrected chi connectivity index (χ4v) is 1.48. The molecule has 0 N–H and O–H groups in total. The third-order valence-corrected chi connectivity index (χ3v) is 2.33. The van der Waals surface area contributed by atoms with Gasteiger partial charge in [0.2, 0.25) is 0 Å². The maximum Gasteiger partial charge on any atom is 0.253 e. The lowest BCUT2D eigenvalue weighted by Gasteiger charge is -2.10. The number of aldehydes is 1. The summed E-state index contributed by atoms with van der Waals surface area (Å²) in [6.07, 6.45) is 3.87. The average molecular weight is 217 g/mol. The number of pyridine rings is 1.